The minimum absolute atomic E-state index is 0.0375. The van der Waals surface area contributed by atoms with E-state index in [2.05, 4.69) is 10.2 Å². The summed E-state index contributed by atoms with van der Waals surface area (Å²) in [5.74, 6) is 1.46. The molecule has 26 heavy (non-hydrogen) atoms. The van der Waals surface area contributed by atoms with E-state index in [1.807, 2.05) is 18.2 Å². The van der Waals surface area contributed by atoms with Gasteiger partial charge in [0.1, 0.15) is 5.75 Å². The summed E-state index contributed by atoms with van der Waals surface area (Å²) in [5.41, 5.74) is 0.739. The normalized spacial score (nSPS) is 18.6. The largest absolute Gasteiger partial charge is 0.497 e. The van der Waals surface area contributed by atoms with Crippen LogP contribution >= 0.6 is 0 Å². The second-order valence-corrected chi connectivity index (χ2v) is 8.52. The van der Waals surface area contributed by atoms with Gasteiger partial charge < -0.3 is 14.1 Å². The number of rotatable bonds is 6. The molecule has 0 aliphatic carbocycles. The van der Waals surface area contributed by atoms with Crippen LogP contribution in [-0.2, 0) is 21.1 Å². The zero-order valence-corrected chi connectivity index (χ0v) is 15.5. The Kier molecular flexibility index (Phi) is 5.26. The number of benzene rings is 1. The standard InChI is InChI=1S/C17H21N3O5S/c1-20(13-8-9-26(22,23)11-13)16(21)7-6-15-18-19-17(25-15)12-4-3-5-14(10-12)24-2/h3-5,10,13H,6-9,11H2,1-2H3. The number of aromatic nitrogens is 2. The zero-order chi connectivity index (χ0) is 18.7. The van der Waals surface area contributed by atoms with Gasteiger partial charge in [0.05, 0.1) is 18.6 Å². The lowest BCUT2D eigenvalue weighted by Crippen LogP contribution is -2.37. The summed E-state index contributed by atoms with van der Waals surface area (Å²) >= 11 is 0. The van der Waals surface area contributed by atoms with Crippen LogP contribution in [0.3, 0.4) is 0 Å². The summed E-state index contributed by atoms with van der Waals surface area (Å²) in [5, 5.41) is 7.98. The first-order chi connectivity index (χ1) is 12.4. The van der Waals surface area contributed by atoms with Gasteiger partial charge in [-0.2, -0.15) is 0 Å². The number of ether oxygens (including phenoxy) is 1. The Morgan fingerprint density at radius 3 is 2.88 bits per heavy atom. The Morgan fingerprint density at radius 1 is 1.38 bits per heavy atom. The van der Waals surface area contributed by atoms with Crippen molar-refractivity contribution >= 4 is 15.7 Å². The summed E-state index contributed by atoms with van der Waals surface area (Å²) in [6.45, 7) is 0. The lowest BCUT2D eigenvalue weighted by atomic mass is 10.2. The second kappa shape index (κ2) is 7.45. The first-order valence-electron chi connectivity index (χ1n) is 8.31. The monoisotopic (exact) mass is 379 g/mol. The fourth-order valence-electron chi connectivity index (χ4n) is 2.90. The highest BCUT2D eigenvalue weighted by Crippen LogP contribution is 2.23. The summed E-state index contributed by atoms with van der Waals surface area (Å²) in [4.78, 5) is 13.8. The fraction of sp³-hybridized carbons (Fsp3) is 0.471. The van der Waals surface area contributed by atoms with Crippen molar-refractivity contribution in [1.29, 1.82) is 0 Å². The number of hydrogen-bond acceptors (Lipinski definition) is 7. The van der Waals surface area contributed by atoms with Crippen molar-refractivity contribution in [3.8, 4) is 17.2 Å². The maximum atomic E-state index is 12.3. The highest BCUT2D eigenvalue weighted by Gasteiger charge is 2.32. The van der Waals surface area contributed by atoms with Gasteiger partial charge in [-0.05, 0) is 24.6 Å². The SMILES string of the molecule is COc1cccc(-c2nnc(CCC(=O)N(C)C3CCS(=O)(=O)C3)o2)c1. The minimum Gasteiger partial charge on any atom is -0.497 e. The molecule has 0 radical (unpaired) electrons. The molecule has 2 aromatic rings. The van der Waals surface area contributed by atoms with Crippen LogP contribution in [0.15, 0.2) is 28.7 Å². The fourth-order valence-corrected chi connectivity index (χ4v) is 4.68. The van der Waals surface area contributed by atoms with E-state index in [9.17, 15) is 13.2 Å². The van der Waals surface area contributed by atoms with Gasteiger partial charge in [0.15, 0.2) is 9.84 Å². The maximum Gasteiger partial charge on any atom is 0.247 e. The average Bonchev–Trinajstić information content (AvgIpc) is 3.25. The summed E-state index contributed by atoms with van der Waals surface area (Å²) in [7, 11) is 0.202. The number of methoxy groups -OCH3 is 1. The van der Waals surface area contributed by atoms with E-state index in [-0.39, 0.29) is 29.9 Å². The Hall–Kier alpha value is -2.42. The van der Waals surface area contributed by atoms with Gasteiger partial charge in [-0.3, -0.25) is 4.79 Å². The lowest BCUT2D eigenvalue weighted by Gasteiger charge is -2.23. The number of hydrogen-bond donors (Lipinski definition) is 0. The zero-order valence-electron chi connectivity index (χ0n) is 14.7. The highest BCUT2D eigenvalue weighted by atomic mass is 32.2. The van der Waals surface area contributed by atoms with Crippen LogP contribution in [-0.4, -0.2) is 61.1 Å². The summed E-state index contributed by atoms with van der Waals surface area (Å²) in [6.07, 6.45) is 0.984. The molecule has 1 aliphatic rings. The van der Waals surface area contributed by atoms with E-state index in [0.717, 1.165) is 5.56 Å². The molecule has 8 nitrogen and oxygen atoms in total. The summed E-state index contributed by atoms with van der Waals surface area (Å²) < 4.78 is 33.9. The third-order valence-corrected chi connectivity index (χ3v) is 6.24. The van der Waals surface area contributed by atoms with Gasteiger partial charge >= 0.3 is 0 Å². The van der Waals surface area contributed by atoms with Gasteiger partial charge in [0, 0.05) is 31.5 Å². The van der Waals surface area contributed by atoms with E-state index in [1.54, 1.807) is 20.2 Å². The molecule has 2 heterocycles. The van der Waals surface area contributed by atoms with Crippen LogP contribution in [0.4, 0.5) is 0 Å². The third kappa shape index (κ3) is 4.21. The number of nitrogens with zero attached hydrogens (tertiary/aromatic N) is 3. The third-order valence-electron chi connectivity index (χ3n) is 4.49. The maximum absolute atomic E-state index is 12.3. The molecule has 1 amide bonds. The lowest BCUT2D eigenvalue weighted by molar-refractivity contribution is -0.131. The molecule has 9 heteroatoms. The molecule has 1 aromatic heterocycles. The molecule has 1 aliphatic heterocycles. The molecule has 1 atom stereocenters. The van der Waals surface area contributed by atoms with Crippen molar-refractivity contribution < 1.29 is 22.4 Å². The van der Waals surface area contributed by atoms with Gasteiger partial charge in [0.2, 0.25) is 17.7 Å². The van der Waals surface area contributed by atoms with Crippen LogP contribution in [0.2, 0.25) is 0 Å². The molecule has 1 unspecified atom stereocenters. The number of carbonyl (C=O) groups is 1. The van der Waals surface area contributed by atoms with Crippen molar-refractivity contribution in [3.63, 3.8) is 0 Å². The van der Waals surface area contributed by atoms with Crippen molar-refractivity contribution in [2.75, 3.05) is 25.7 Å². The molecule has 140 valence electrons. The van der Waals surface area contributed by atoms with E-state index in [4.69, 9.17) is 9.15 Å². The van der Waals surface area contributed by atoms with Crippen molar-refractivity contribution in [1.82, 2.24) is 15.1 Å². The first-order valence-corrected chi connectivity index (χ1v) is 10.1. The number of carbonyl (C=O) groups excluding carboxylic acids is 1. The van der Waals surface area contributed by atoms with E-state index < -0.39 is 9.84 Å². The van der Waals surface area contributed by atoms with Crippen molar-refractivity contribution in [2.24, 2.45) is 0 Å². The van der Waals surface area contributed by atoms with Crippen LogP contribution in [0.1, 0.15) is 18.7 Å². The van der Waals surface area contributed by atoms with Crippen LogP contribution in [0, 0.1) is 0 Å². The molecular formula is C17H21N3O5S. The molecule has 0 saturated carbocycles. The predicted octanol–water partition coefficient (Wildman–Crippen LogP) is 1.32. The molecule has 1 fully saturated rings. The van der Waals surface area contributed by atoms with E-state index in [0.29, 0.717) is 30.4 Å². The number of amides is 1. The molecule has 1 saturated heterocycles. The van der Waals surface area contributed by atoms with Gasteiger partial charge in [-0.1, -0.05) is 6.07 Å². The molecular weight excluding hydrogens is 358 g/mol. The minimum atomic E-state index is -3.02. The smallest absolute Gasteiger partial charge is 0.247 e. The van der Waals surface area contributed by atoms with E-state index in [1.165, 1.54) is 4.90 Å². The number of aryl methyl sites for hydroxylation is 1. The molecule has 0 bridgehead atoms. The first kappa shape index (κ1) is 18.4. The van der Waals surface area contributed by atoms with Crippen LogP contribution < -0.4 is 4.74 Å². The highest BCUT2D eigenvalue weighted by molar-refractivity contribution is 7.91. The quantitative estimate of drug-likeness (QED) is 0.746. The van der Waals surface area contributed by atoms with Gasteiger partial charge in [-0.15, -0.1) is 10.2 Å². The Labute approximate surface area is 152 Å². The number of sulfone groups is 1. The van der Waals surface area contributed by atoms with Gasteiger partial charge in [0.25, 0.3) is 0 Å². The van der Waals surface area contributed by atoms with Crippen LogP contribution in [0.5, 0.6) is 5.75 Å². The second-order valence-electron chi connectivity index (χ2n) is 6.29. The van der Waals surface area contributed by atoms with E-state index >= 15 is 0 Å². The van der Waals surface area contributed by atoms with Crippen LogP contribution in [0.25, 0.3) is 11.5 Å². The molecule has 0 N–H and O–H groups in total. The molecule has 3 rings (SSSR count). The summed E-state index contributed by atoms with van der Waals surface area (Å²) in [6, 6.07) is 7.02. The Balaban J connectivity index is 1.58. The van der Waals surface area contributed by atoms with Crippen molar-refractivity contribution in [2.45, 2.75) is 25.3 Å². The van der Waals surface area contributed by atoms with Gasteiger partial charge in [-0.25, -0.2) is 8.42 Å². The molecule has 0 spiro atoms. The average molecular weight is 379 g/mol. The van der Waals surface area contributed by atoms with Crippen molar-refractivity contribution in [3.05, 3.63) is 30.2 Å². The molecule has 1 aromatic carbocycles. The topological polar surface area (TPSA) is 103 Å². The Bertz CT molecular complexity index is 893. The predicted molar refractivity (Wildman–Crippen MR) is 94.4 cm³/mol. The Morgan fingerprint density at radius 2 is 2.19 bits per heavy atom.